The van der Waals surface area contributed by atoms with Crippen LogP contribution in [0.4, 0.5) is 5.69 Å². The Bertz CT molecular complexity index is 460. The fraction of sp³-hybridized carbons (Fsp3) is 0.600. The van der Waals surface area contributed by atoms with Crippen LogP contribution in [0.15, 0.2) is 18.5 Å². The van der Waals surface area contributed by atoms with Crippen LogP contribution in [-0.4, -0.2) is 28.9 Å². The van der Waals surface area contributed by atoms with Crippen molar-refractivity contribution in [2.75, 3.05) is 12.8 Å². The minimum Gasteiger partial charge on any atom is -0.398 e. The molecule has 1 saturated carbocycles. The number of carbonyl (C=O) groups excluding carboxylic acids is 1. The average molecular weight is 261 g/mol. The topological polar surface area (TPSA) is 59.2 Å². The number of pyridine rings is 1. The predicted molar refractivity (Wildman–Crippen MR) is 76.8 cm³/mol. The van der Waals surface area contributed by atoms with Gasteiger partial charge in [-0.1, -0.05) is 13.8 Å². The summed E-state index contributed by atoms with van der Waals surface area (Å²) in [4.78, 5) is 18.3. The third kappa shape index (κ3) is 3.06. The molecule has 0 aromatic carbocycles. The minimum atomic E-state index is -0.0182. The van der Waals surface area contributed by atoms with E-state index in [0.717, 1.165) is 25.7 Å². The van der Waals surface area contributed by atoms with Crippen molar-refractivity contribution in [2.45, 2.75) is 45.6 Å². The van der Waals surface area contributed by atoms with Gasteiger partial charge in [0.05, 0.1) is 5.56 Å². The molecule has 2 N–H and O–H groups in total. The highest BCUT2D eigenvalue weighted by atomic mass is 16.2. The second-order valence-corrected chi connectivity index (χ2v) is 6.27. The van der Waals surface area contributed by atoms with E-state index >= 15 is 0 Å². The molecular weight excluding hydrogens is 238 g/mol. The number of nitrogens with two attached hydrogens (primary N) is 1. The summed E-state index contributed by atoms with van der Waals surface area (Å²) in [5.74, 6) is -0.0182. The third-order valence-electron chi connectivity index (χ3n) is 4.26. The standard InChI is InChI=1S/C15H23N3O/c1-15(2)7-4-11(5-8-15)18(3)14(19)12-10-17-9-6-13(12)16/h6,9-11H,4-5,7-8H2,1-3H3,(H2,16,17). The molecule has 0 radical (unpaired) electrons. The first kappa shape index (κ1) is 13.8. The summed E-state index contributed by atoms with van der Waals surface area (Å²) in [6, 6.07) is 1.99. The monoisotopic (exact) mass is 261 g/mol. The highest BCUT2D eigenvalue weighted by Gasteiger charge is 2.31. The van der Waals surface area contributed by atoms with Gasteiger partial charge in [0.1, 0.15) is 0 Å². The Hall–Kier alpha value is -1.58. The van der Waals surface area contributed by atoms with E-state index in [9.17, 15) is 4.79 Å². The fourth-order valence-electron chi connectivity index (χ4n) is 2.71. The third-order valence-corrected chi connectivity index (χ3v) is 4.26. The zero-order valence-electron chi connectivity index (χ0n) is 12.0. The predicted octanol–water partition coefficient (Wildman–Crippen LogP) is 2.70. The Labute approximate surface area is 115 Å². The minimum absolute atomic E-state index is 0.0182. The van der Waals surface area contributed by atoms with E-state index in [1.165, 1.54) is 0 Å². The van der Waals surface area contributed by atoms with Crippen LogP contribution in [0.2, 0.25) is 0 Å². The molecule has 0 atom stereocenters. The lowest BCUT2D eigenvalue weighted by molar-refractivity contribution is 0.0636. The quantitative estimate of drug-likeness (QED) is 0.890. The van der Waals surface area contributed by atoms with Gasteiger partial charge >= 0.3 is 0 Å². The first-order chi connectivity index (χ1) is 8.91. The van der Waals surface area contributed by atoms with Crippen LogP contribution >= 0.6 is 0 Å². The van der Waals surface area contributed by atoms with Crippen molar-refractivity contribution >= 4 is 11.6 Å². The van der Waals surface area contributed by atoms with Crippen molar-refractivity contribution in [1.82, 2.24) is 9.88 Å². The number of nitrogen functional groups attached to an aromatic ring is 1. The number of amides is 1. The van der Waals surface area contributed by atoms with Crippen molar-refractivity contribution in [2.24, 2.45) is 5.41 Å². The van der Waals surface area contributed by atoms with Crippen LogP contribution in [0.5, 0.6) is 0 Å². The summed E-state index contributed by atoms with van der Waals surface area (Å²) < 4.78 is 0. The second kappa shape index (κ2) is 5.19. The number of hydrogen-bond donors (Lipinski definition) is 1. The summed E-state index contributed by atoms with van der Waals surface area (Å²) in [7, 11) is 1.87. The van der Waals surface area contributed by atoms with Gasteiger partial charge in [-0.25, -0.2) is 0 Å². The maximum Gasteiger partial charge on any atom is 0.257 e. The number of rotatable bonds is 2. The van der Waals surface area contributed by atoms with Gasteiger partial charge in [-0.3, -0.25) is 9.78 Å². The Balaban J connectivity index is 2.06. The van der Waals surface area contributed by atoms with Gasteiger partial charge in [-0.2, -0.15) is 0 Å². The number of anilines is 1. The molecule has 1 amide bonds. The maximum atomic E-state index is 12.4. The molecule has 1 aromatic rings. The van der Waals surface area contributed by atoms with Crippen LogP contribution in [0.25, 0.3) is 0 Å². The van der Waals surface area contributed by atoms with E-state index in [0.29, 0.717) is 22.7 Å². The van der Waals surface area contributed by atoms with Crippen molar-refractivity contribution in [3.63, 3.8) is 0 Å². The second-order valence-electron chi connectivity index (χ2n) is 6.27. The van der Waals surface area contributed by atoms with Gasteiger partial charge in [0.15, 0.2) is 0 Å². The molecule has 1 fully saturated rings. The van der Waals surface area contributed by atoms with Gasteiger partial charge in [0.25, 0.3) is 5.91 Å². The van der Waals surface area contributed by atoms with Crippen LogP contribution in [0.1, 0.15) is 49.9 Å². The summed E-state index contributed by atoms with van der Waals surface area (Å²) in [5, 5.41) is 0. The lowest BCUT2D eigenvalue weighted by Gasteiger charge is -2.38. The number of carbonyl (C=O) groups is 1. The fourth-order valence-corrected chi connectivity index (χ4v) is 2.71. The molecule has 1 aromatic heterocycles. The van der Waals surface area contributed by atoms with Gasteiger partial charge < -0.3 is 10.6 Å². The van der Waals surface area contributed by atoms with Gasteiger partial charge in [-0.05, 0) is 37.2 Å². The molecule has 0 aliphatic heterocycles. The van der Waals surface area contributed by atoms with E-state index in [4.69, 9.17) is 5.73 Å². The van der Waals surface area contributed by atoms with Gasteiger partial charge in [0.2, 0.25) is 0 Å². The zero-order chi connectivity index (χ0) is 14.0. The van der Waals surface area contributed by atoms with Crippen LogP contribution in [0, 0.1) is 5.41 Å². The zero-order valence-corrected chi connectivity index (χ0v) is 12.0. The van der Waals surface area contributed by atoms with Gasteiger partial charge in [-0.15, -0.1) is 0 Å². The molecule has 1 aliphatic carbocycles. The molecule has 19 heavy (non-hydrogen) atoms. The molecular formula is C15H23N3O. The molecule has 0 saturated heterocycles. The largest absolute Gasteiger partial charge is 0.398 e. The van der Waals surface area contributed by atoms with Crippen LogP contribution in [-0.2, 0) is 0 Å². The molecule has 0 bridgehead atoms. The molecule has 4 nitrogen and oxygen atoms in total. The van der Waals surface area contributed by atoms with E-state index in [1.807, 2.05) is 11.9 Å². The van der Waals surface area contributed by atoms with E-state index < -0.39 is 0 Å². The van der Waals surface area contributed by atoms with E-state index in [1.54, 1.807) is 18.5 Å². The molecule has 104 valence electrons. The van der Waals surface area contributed by atoms with Crippen molar-refractivity contribution in [1.29, 1.82) is 0 Å². The molecule has 1 aliphatic rings. The van der Waals surface area contributed by atoms with Gasteiger partial charge in [0, 0.05) is 31.2 Å². The SMILES string of the molecule is CN(C(=O)c1cnccc1N)C1CCC(C)(C)CC1. The lowest BCUT2D eigenvalue weighted by atomic mass is 9.75. The maximum absolute atomic E-state index is 12.4. The van der Waals surface area contributed by atoms with Crippen molar-refractivity contribution < 1.29 is 4.79 Å². The van der Waals surface area contributed by atoms with E-state index in [2.05, 4.69) is 18.8 Å². The lowest BCUT2D eigenvalue weighted by Crippen LogP contribution is -2.41. The number of nitrogens with zero attached hydrogens (tertiary/aromatic N) is 2. The van der Waals surface area contributed by atoms with Crippen molar-refractivity contribution in [3.8, 4) is 0 Å². The Morgan fingerprint density at radius 1 is 1.42 bits per heavy atom. The molecule has 1 heterocycles. The Kier molecular flexibility index (Phi) is 3.78. The average Bonchev–Trinajstić information content (AvgIpc) is 2.38. The summed E-state index contributed by atoms with van der Waals surface area (Å²) in [6.07, 6.45) is 7.62. The Morgan fingerprint density at radius 2 is 2.05 bits per heavy atom. The highest BCUT2D eigenvalue weighted by molar-refractivity contribution is 5.98. The molecule has 0 unspecified atom stereocenters. The summed E-state index contributed by atoms with van der Waals surface area (Å²) in [5.41, 5.74) is 7.27. The van der Waals surface area contributed by atoms with Crippen molar-refractivity contribution in [3.05, 3.63) is 24.0 Å². The summed E-state index contributed by atoms with van der Waals surface area (Å²) in [6.45, 7) is 4.59. The molecule has 2 rings (SSSR count). The van der Waals surface area contributed by atoms with Crippen LogP contribution in [0.3, 0.4) is 0 Å². The summed E-state index contributed by atoms with van der Waals surface area (Å²) >= 11 is 0. The normalized spacial score (nSPS) is 19.1. The highest BCUT2D eigenvalue weighted by Crippen LogP contribution is 2.36. The first-order valence-electron chi connectivity index (χ1n) is 6.87. The molecule has 4 heteroatoms. The van der Waals surface area contributed by atoms with E-state index in [-0.39, 0.29) is 5.91 Å². The Morgan fingerprint density at radius 3 is 2.63 bits per heavy atom. The van der Waals surface area contributed by atoms with Crippen LogP contribution < -0.4 is 5.73 Å². The smallest absolute Gasteiger partial charge is 0.257 e. The first-order valence-corrected chi connectivity index (χ1v) is 6.87. The number of aromatic nitrogens is 1. The number of hydrogen-bond acceptors (Lipinski definition) is 3. The molecule has 0 spiro atoms.